The molecule has 0 saturated heterocycles. The van der Waals surface area contributed by atoms with Crippen molar-refractivity contribution in [3.8, 4) is 5.75 Å². The van der Waals surface area contributed by atoms with Gasteiger partial charge in [0.25, 0.3) is 5.56 Å². The van der Waals surface area contributed by atoms with Gasteiger partial charge in [0.15, 0.2) is 0 Å². The van der Waals surface area contributed by atoms with E-state index in [4.69, 9.17) is 4.74 Å². The topological polar surface area (TPSA) is 84.7 Å². The Bertz CT molecular complexity index is 1350. The van der Waals surface area contributed by atoms with Crippen LogP contribution in [0.5, 0.6) is 5.75 Å². The fourth-order valence-electron chi connectivity index (χ4n) is 3.14. The maximum absolute atomic E-state index is 13.0. The number of hydrogen-bond donors (Lipinski definition) is 2. The molecule has 0 atom stereocenters. The van der Waals surface area contributed by atoms with Gasteiger partial charge < -0.3 is 15.4 Å². The number of anilines is 2. The minimum absolute atomic E-state index is 0.103. The van der Waals surface area contributed by atoms with Crippen molar-refractivity contribution in [3.05, 3.63) is 99.9 Å². The monoisotopic (exact) mass is 432 g/mol. The van der Waals surface area contributed by atoms with Crippen molar-refractivity contribution in [3.63, 3.8) is 0 Å². The van der Waals surface area contributed by atoms with Gasteiger partial charge >= 0.3 is 6.03 Å². The third-order valence-electron chi connectivity index (χ3n) is 4.80. The van der Waals surface area contributed by atoms with E-state index in [1.54, 1.807) is 18.3 Å². The number of benzene rings is 2. The van der Waals surface area contributed by atoms with Crippen LogP contribution in [-0.2, 0) is 6.61 Å². The molecule has 2 heterocycles. The number of carbonyl (C=O) groups is 1. The molecule has 0 aliphatic heterocycles. The summed E-state index contributed by atoms with van der Waals surface area (Å²) in [5.74, 6) is 0.172. The van der Waals surface area contributed by atoms with Gasteiger partial charge in [-0.05, 0) is 67.4 Å². The highest BCUT2D eigenvalue weighted by Crippen LogP contribution is 2.24. The zero-order valence-corrected chi connectivity index (χ0v) is 17.6. The van der Waals surface area contributed by atoms with Crippen LogP contribution < -0.4 is 20.9 Å². The lowest BCUT2D eigenvalue weighted by Crippen LogP contribution is -2.19. The first-order valence-corrected chi connectivity index (χ1v) is 9.93. The molecule has 32 heavy (non-hydrogen) atoms. The smallest absolute Gasteiger partial charge is 0.323 e. The number of rotatable bonds is 5. The molecule has 4 aromatic rings. The second-order valence-corrected chi connectivity index (χ2v) is 7.37. The number of fused-ring (bicyclic) bond motifs is 1. The molecule has 4 rings (SSSR count). The lowest BCUT2D eigenvalue weighted by molar-refractivity contribution is 0.262. The van der Waals surface area contributed by atoms with Crippen molar-refractivity contribution in [1.82, 2.24) is 9.38 Å². The molecule has 2 aromatic carbocycles. The first-order valence-electron chi connectivity index (χ1n) is 9.93. The first kappa shape index (κ1) is 21.0. The van der Waals surface area contributed by atoms with Gasteiger partial charge in [-0.1, -0.05) is 6.07 Å². The van der Waals surface area contributed by atoms with Crippen LogP contribution in [-0.4, -0.2) is 15.4 Å². The predicted molar refractivity (Wildman–Crippen MR) is 121 cm³/mol. The molecule has 0 fully saturated rings. The molecular weight excluding hydrogens is 411 g/mol. The van der Waals surface area contributed by atoms with Crippen LogP contribution in [0.2, 0.25) is 0 Å². The van der Waals surface area contributed by atoms with Crippen LogP contribution in [0.1, 0.15) is 16.8 Å². The standard InChI is InChI=1S/C24H21FN4O3/c1-15-9-10-29-22(11-15)26-20(13-23(29)30)14-32-21-12-19(6-3-16(21)2)28-24(31)27-18-7-4-17(25)5-8-18/h3-13H,14H2,1-2H3,(H2,27,28,31). The maximum atomic E-state index is 13.0. The fraction of sp³-hybridized carbons (Fsp3) is 0.125. The van der Waals surface area contributed by atoms with Crippen LogP contribution in [0.15, 0.2) is 71.7 Å². The molecule has 0 radical (unpaired) electrons. The number of amides is 2. The maximum Gasteiger partial charge on any atom is 0.323 e. The second kappa shape index (κ2) is 8.89. The SMILES string of the molecule is Cc1ccn2c(=O)cc(COc3cc(NC(=O)Nc4ccc(F)cc4)ccc3C)nc2c1. The van der Waals surface area contributed by atoms with E-state index >= 15 is 0 Å². The summed E-state index contributed by atoms with van der Waals surface area (Å²) in [6.45, 7) is 3.92. The highest BCUT2D eigenvalue weighted by molar-refractivity contribution is 5.99. The summed E-state index contributed by atoms with van der Waals surface area (Å²) >= 11 is 0. The van der Waals surface area contributed by atoms with Crippen molar-refractivity contribution in [1.29, 1.82) is 0 Å². The first-order chi connectivity index (χ1) is 15.4. The van der Waals surface area contributed by atoms with Crippen molar-refractivity contribution in [2.75, 3.05) is 10.6 Å². The van der Waals surface area contributed by atoms with Gasteiger partial charge in [0.2, 0.25) is 0 Å². The predicted octanol–water partition coefficient (Wildman–Crippen LogP) is 4.67. The molecule has 0 spiro atoms. The molecular formula is C24H21FN4O3. The summed E-state index contributed by atoms with van der Waals surface area (Å²) in [5.41, 5.74) is 3.74. The summed E-state index contributed by atoms with van der Waals surface area (Å²) in [7, 11) is 0. The van der Waals surface area contributed by atoms with Crippen LogP contribution in [0.4, 0.5) is 20.6 Å². The van der Waals surface area contributed by atoms with Crippen molar-refractivity contribution >= 4 is 23.1 Å². The summed E-state index contributed by atoms with van der Waals surface area (Å²) in [6.07, 6.45) is 1.70. The van der Waals surface area contributed by atoms with Crippen LogP contribution in [0.3, 0.4) is 0 Å². The summed E-state index contributed by atoms with van der Waals surface area (Å²) < 4.78 is 20.4. The number of nitrogens with zero attached hydrogens (tertiary/aromatic N) is 2. The number of hydrogen-bond acceptors (Lipinski definition) is 4. The van der Waals surface area contributed by atoms with Gasteiger partial charge in [-0.2, -0.15) is 0 Å². The zero-order valence-electron chi connectivity index (χ0n) is 17.6. The number of aryl methyl sites for hydroxylation is 2. The quantitative estimate of drug-likeness (QED) is 0.480. The van der Waals surface area contributed by atoms with Crippen molar-refractivity contribution in [2.45, 2.75) is 20.5 Å². The summed E-state index contributed by atoms with van der Waals surface area (Å²) in [5, 5.41) is 5.35. The van der Waals surface area contributed by atoms with Crippen LogP contribution in [0, 0.1) is 19.7 Å². The molecule has 0 aliphatic carbocycles. The van der Waals surface area contributed by atoms with E-state index in [1.165, 1.54) is 34.7 Å². The van der Waals surface area contributed by atoms with E-state index in [1.807, 2.05) is 32.0 Å². The molecule has 8 heteroatoms. The van der Waals surface area contributed by atoms with Crippen LogP contribution >= 0.6 is 0 Å². The molecule has 2 N–H and O–H groups in total. The number of aromatic nitrogens is 2. The Kier molecular flexibility index (Phi) is 5.85. The van der Waals surface area contributed by atoms with Gasteiger partial charge in [0.1, 0.15) is 23.8 Å². The minimum atomic E-state index is -0.467. The van der Waals surface area contributed by atoms with Gasteiger partial charge in [-0.3, -0.25) is 9.20 Å². The van der Waals surface area contributed by atoms with E-state index < -0.39 is 6.03 Å². The van der Waals surface area contributed by atoms with E-state index in [9.17, 15) is 14.0 Å². The largest absolute Gasteiger partial charge is 0.487 e. The number of ether oxygens (including phenoxy) is 1. The van der Waals surface area contributed by atoms with Gasteiger partial charge in [-0.25, -0.2) is 14.2 Å². The average Bonchev–Trinajstić information content (AvgIpc) is 2.75. The number of urea groups is 1. The van der Waals surface area contributed by atoms with Crippen molar-refractivity contribution < 1.29 is 13.9 Å². The lowest BCUT2D eigenvalue weighted by atomic mass is 10.2. The van der Waals surface area contributed by atoms with E-state index in [2.05, 4.69) is 15.6 Å². The third-order valence-corrected chi connectivity index (χ3v) is 4.80. The fourth-order valence-corrected chi connectivity index (χ4v) is 3.14. The molecule has 162 valence electrons. The Morgan fingerprint density at radius 3 is 2.50 bits per heavy atom. The van der Waals surface area contributed by atoms with Gasteiger partial charge in [0, 0.05) is 29.7 Å². The number of carbonyl (C=O) groups excluding carboxylic acids is 1. The second-order valence-electron chi connectivity index (χ2n) is 7.37. The zero-order chi connectivity index (χ0) is 22.7. The number of halogens is 1. The Labute approximate surface area is 183 Å². The number of nitrogens with one attached hydrogen (secondary N) is 2. The highest BCUT2D eigenvalue weighted by atomic mass is 19.1. The summed E-state index contributed by atoms with van der Waals surface area (Å²) in [6, 6.07) is 15.4. The lowest BCUT2D eigenvalue weighted by Gasteiger charge is -2.13. The molecule has 0 aliphatic rings. The van der Waals surface area contributed by atoms with Gasteiger partial charge in [0.05, 0.1) is 5.69 Å². The highest BCUT2D eigenvalue weighted by Gasteiger charge is 2.08. The Morgan fingerprint density at radius 1 is 1.00 bits per heavy atom. The van der Waals surface area contributed by atoms with Crippen molar-refractivity contribution in [2.24, 2.45) is 0 Å². The molecule has 7 nitrogen and oxygen atoms in total. The Hall–Kier alpha value is -4.20. The molecule has 0 unspecified atom stereocenters. The molecule has 2 aromatic heterocycles. The number of pyridine rings is 1. The van der Waals surface area contributed by atoms with Gasteiger partial charge in [-0.15, -0.1) is 0 Å². The van der Waals surface area contributed by atoms with Crippen LogP contribution in [0.25, 0.3) is 5.65 Å². The molecule has 2 amide bonds. The Balaban J connectivity index is 1.46. The molecule has 0 bridgehead atoms. The summed E-state index contributed by atoms with van der Waals surface area (Å²) in [4.78, 5) is 29.1. The van der Waals surface area contributed by atoms with E-state index in [0.717, 1.165) is 11.1 Å². The normalized spacial score (nSPS) is 10.7. The average molecular weight is 432 g/mol. The van der Waals surface area contributed by atoms with E-state index in [0.29, 0.717) is 28.5 Å². The minimum Gasteiger partial charge on any atom is -0.487 e. The van der Waals surface area contributed by atoms with E-state index in [-0.39, 0.29) is 18.0 Å². The molecule has 0 saturated carbocycles. The Morgan fingerprint density at radius 2 is 1.72 bits per heavy atom. The third kappa shape index (κ3) is 4.92.